The molecule has 0 saturated carbocycles. The second kappa shape index (κ2) is 6.22. The number of hydrogen-bond donors (Lipinski definition) is 4. The van der Waals surface area contributed by atoms with E-state index in [1.807, 2.05) is 30.3 Å². The van der Waals surface area contributed by atoms with Gasteiger partial charge in [-0.3, -0.25) is 0 Å². The fourth-order valence-corrected chi connectivity index (χ4v) is 1.81. The zero-order chi connectivity index (χ0) is 13.7. The lowest BCUT2D eigenvalue weighted by Crippen LogP contribution is -2.20. The molecular formula is C15H17NO3. The summed E-state index contributed by atoms with van der Waals surface area (Å²) in [6.07, 6.45) is -0.727. The van der Waals surface area contributed by atoms with Crippen molar-refractivity contribution < 1.29 is 15.3 Å². The van der Waals surface area contributed by atoms with Gasteiger partial charge in [-0.2, -0.15) is 0 Å². The highest BCUT2D eigenvalue weighted by Gasteiger charge is 2.09. The Bertz CT molecular complexity index is 528. The first-order valence-electron chi connectivity index (χ1n) is 6.11. The summed E-state index contributed by atoms with van der Waals surface area (Å²) in [4.78, 5) is 0. The molecule has 0 aliphatic carbocycles. The van der Waals surface area contributed by atoms with E-state index in [0.29, 0.717) is 18.7 Å². The first kappa shape index (κ1) is 13.4. The van der Waals surface area contributed by atoms with Crippen LogP contribution in [0.1, 0.15) is 17.2 Å². The Morgan fingerprint density at radius 2 is 1.68 bits per heavy atom. The van der Waals surface area contributed by atoms with Crippen molar-refractivity contribution >= 4 is 0 Å². The molecule has 1 atom stereocenters. The van der Waals surface area contributed by atoms with Gasteiger partial charge >= 0.3 is 0 Å². The number of aliphatic hydroxyl groups is 1. The van der Waals surface area contributed by atoms with Crippen molar-refractivity contribution in [2.45, 2.75) is 12.6 Å². The van der Waals surface area contributed by atoms with Crippen LogP contribution in [0.15, 0.2) is 48.5 Å². The van der Waals surface area contributed by atoms with Crippen molar-refractivity contribution in [2.75, 3.05) is 6.54 Å². The number of phenolic OH excluding ortho intramolecular Hbond substituents is 2. The van der Waals surface area contributed by atoms with Gasteiger partial charge < -0.3 is 20.6 Å². The van der Waals surface area contributed by atoms with Crippen LogP contribution in [0.5, 0.6) is 11.5 Å². The molecule has 0 aromatic heterocycles. The molecule has 4 nitrogen and oxygen atoms in total. The minimum atomic E-state index is -0.727. The molecule has 2 aromatic carbocycles. The van der Waals surface area contributed by atoms with Gasteiger partial charge in [-0.15, -0.1) is 0 Å². The van der Waals surface area contributed by atoms with E-state index < -0.39 is 6.10 Å². The summed E-state index contributed by atoms with van der Waals surface area (Å²) in [6, 6.07) is 14.2. The lowest BCUT2D eigenvalue weighted by atomic mass is 10.1. The van der Waals surface area contributed by atoms with Crippen molar-refractivity contribution in [3.8, 4) is 11.5 Å². The highest BCUT2D eigenvalue weighted by Crippen LogP contribution is 2.27. The molecule has 0 aliphatic heterocycles. The van der Waals surface area contributed by atoms with E-state index in [1.165, 1.54) is 12.1 Å². The van der Waals surface area contributed by atoms with Gasteiger partial charge in [0, 0.05) is 13.1 Å². The van der Waals surface area contributed by atoms with Crippen molar-refractivity contribution in [2.24, 2.45) is 0 Å². The number of aromatic hydroxyl groups is 2. The number of phenols is 2. The lowest BCUT2D eigenvalue weighted by Gasteiger charge is -2.13. The molecule has 0 fully saturated rings. The van der Waals surface area contributed by atoms with Crippen LogP contribution in [-0.4, -0.2) is 21.9 Å². The highest BCUT2D eigenvalue weighted by molar-refractivity contribution is 5.41. The van der Waals surface area contributed by atoms with Gasteiger partial charge in [0.05, 0.1) is 6.10 Å². The van der Waals surface area contributed by atoms with E-state index in [0.717, 1.165) is 5.56 Å². The SMILES string of the molecule is Oc1ccc(C(O)CNCc2ccccc2)cc1O. The third kappa shape index (κ3) is 3.71. The first-order chi connectivity index (χ1) is 9.16. The summed E-state index contributed by atoms with van der Waals surface area (Å²) in [5.74, 6) is -0.409. The molecule has 100 valence electrons. The average molecular weight is 259 g/mol. The van der Waals surface area contributed by atoms with Crippen LogP contribution in [0.25, 0.3) is 0 Å². The predicted molar refractivity (Wildman–Crippen MR) is 72.9 cm³/mol. The highest BCUT2D eigenvalue weighted by atomic mass is 16.3. The summed E-state index contributed by atoms with van der Waals surface area (Å²) in [5.41, 5.74) is 1.71. The van der Waals surface area contributed by atoms with E-state index in [9.17, 15) is 15.3 Å². The van der Waals surface area contributed by atoms with Crippen LogP contribution >= 0.6 is 0 Å². The zero-order valence-electron chi connectivity index (χ0n) is 10.5. The average Bonchev–Trinajstić information content (AvgIpc) is 2.43. The summed E-state index contributed by atoms with van der Waals surface area (Å²) in [5, 5.41) is 31.7. The lowest BCUT2D eigenvalue weighted by molar-refractivity contribution is 0.174. The maximum atomic E-state index is 9.96. The molecule has 0 spiro atoms. The summed E-state index contributed by atoms with van der Waals surface area (Å²) >= 11 is 0. The summed E-state index contributed by atoms with van der Waals surface area (Å²) in [7, 11) is 0. The molecule has 0 saturated heterocycles. The fourth-order valence-electron chi connectivity index (χ4n) is 1.81. The van der Waals surface area contributed by atoms with Crippen molar-refractivity contribution in [3.63, 3.8) is 0 Å². The van der Waals surface area contributed by atoms with Gasteiger partial charge in [0.1, 0.15) is 0 Å². The second-order valence-corrected chi connectivity index (χ2v) is 4.38. The van der Waals surface area contributed by atoms with E-state index in [1.54, 1.807) is 6.07 Å². The van der Waals surface area contributed by atoms with Crippen molar-refractivity contribution in [1.29, 1.82) is 0 Å². The standard InChI is InChI=1S/C15H17NO3/c17-13-7-6-12(8-14(13)18)15(19)10-16-9-11-4-2-1-3-5-11/h1-8,15-19H,9-10H2. The van der Waals surface area contributed by atoms with Crippen LogP contribution in [0, 0.1) is 0 Å². The van der Waals surface area contributed by atoms with Gasteiger partial charge in [-0.1, -0.05) is 36.4 Å². The zero-order valence-corrected chi connectivity index (χ0v) is 10.5. The van der Waals surface area contributed by atoms with Crippen molar-refractivity contribution in [3.05, 3.63) is 59.7 Å². The molecule has 0 bridgehead atoms. The first-order valence-corrected chi connectivity index (χ1v) is 6.11. The summed E-state index contributed by atoms with van der Waals surface area (Å²) in [6.45, 7) is 1.04. The molecule has 4 heteroatoms. The molecule has 2 aromatic rings. The minimum absolute atomic E-state index is 0.187. The molecule has 0 aliphatic rings. The number of aliphatic hydroxyl groups excluding tert-OH is 1. The summed E-state index contributed by atoms with van der Waals surface area (Å²) < 4.78 is 0. The van der Waals surface area contributed by atoms with Gasteiger partial charge in [-0.25, -0.2) is 0 Å². The topological polar surface area (TPSA) is 72.7 Å². The molecule has 0 amide bonds. The smallest absolute Gasteiger partial charge is 0.157 e. The maximum Gasteiger partial charge on any atom is 0.157 e. The normalized spacial score (nSPS) is 12.3. The Hall–Kier alpha value is -2.04. The third-order valence-electron chi connectivity index (χ3n) is 2.89. The Labute approximate surface area is 112 Å². The predicted octanol–water partition coefficient (Wildman–Crippen LogP) is 1.92. The number of nitrogens with one attached hydrogen (secondary N) is 1. The van der Waals surface area contributed by atoms with E-state index >= 15 is 0 Å². The van der Waals surface area contributed by atoms with Crippen LogP contribution < -0.4 is 5.32 Å². The molecule has 1 unspecified atom stereocenters. The maximum absolute atomic E-state index is 9.96. The quantitative estimate of drug-likeness (QED) is 0.619. The molecular weight excluding hydrogens is 242 g/mol. The molecule has 19 heavy (non-hydrogen) atoms. The second-order valence-electron chi connectivity index (χ2n) is 4.38. The minimum Gasteiger partial charge on any atom is -0.504 e. The van der Waals surface area contributed by atoms with Crippen LogP contribution in [-0.2, 0) is 6.54 Å². The van der Waals surface area contributed by atoms with E-state index in [2.05, 4.69) is 5.32 Å². The molecule has 0 heterocycles. The van der Waals surface area contributed by atoms with E-state index in [-0.39, 0.29) is 11.5 Å². The Balaban J connectivity index is 1.87. The molecule has 4 N–H and O–H groups in total. The number of rotatable bonds is 5. The van der Waals surface area contributed by atoms with Crippen LogP contribution in [0.2, 0.25) is 0 Å². The van der Waals surface area contributed by atoms with E-state index in [4.69, 9.17) is 0 Å². The number of benzene rings is 2. The van der Waals surface area contributed by atoms with Gasteiger partial charge in [0.25, 0.3) is 0 Å². The Morgan fingerprint density at radius 1 is 0.947 bits per heavy atom. The molecule has 0 radical (unpaired) electrons. The Kier molecular flexibility index (Phi) is 4.39. The Morgan fingerprint density at radius 3 is 2.37 bits per heavy atom. The molecule has 2 rings (SSSR count). The third-order valence-corrected chi connectivity index (χ3v) is 2.89. The fraction of sp³-hybridized carbons (Fsp3) is 0.200. The van der Waals surface area contributed by atoms with Crippen LogP contribution in [0.4, 0.5) is 0 Å². The van der Waals surface area contributed by atoms with Crippen molar-refractivity contribution in [1.82, 2.24) is 5.32 Å². The van der Waals surface area contributed by atoms with Gasteiger partial charge in [-0.05, 0) is 23.3 Å². The van der Waals surface area contributed by atoms with Gasteiger partial charge in [0.15, 0.2) is 11.5 Å². The van der Waals surface area contributed by atoms with Gasteiger partial charge in [0.2, 0.25) is 0 Å². The number of hydrogen-bond acceptors (Lipinski definition) is 4. The van der Waals surface area contributed by atoms with Crippen LogP contribution in [0.3, 0.4) is 0 Å². The monoisotopic (exact) mass is 259 g/mol. The largest absolute Gasteiger partial charge is 0.504 e.